The molecule has 0 radical (unpaired) electrons. The Bertz CT molecular complexity index is 385. The van der Waals surface area contributed by atoms with Crippen LogP contribution < -0.4 is 5.32 Å². The van der Waals surface area contributed by atoms with Crippen LogP contribution in [0.4, 0.5) is 5.95 Å². The number of hydrogen-bond acceptors (Lipinski definition) is 4. The molecule has 0 spiro atoms. The molecule has 5 nitrogen and oxygen atoms in total. The molecule has 0 fully saturated rings. The van der Waals surface area contributed by atoms with Gasteiger partial charge in [0.05, 0.1) is 5.41 Å². The van der Waals surface area contributed by atoms with Gasteiger partial charge in [0.15, 0.2) is 0 Å². The van der Waals surface area contributed by atoms with Gasteiger partial charge >= 0.3 is 5.97 Å². The molecule has 0 saturated carbocycles. The number of hydrogen-bond donors (Lipinski definition) is 2. The fourth-order valence-corrected chi connectivity index (χ4v) is 1.10. The summed E-state index contributed by atoms with van der Waals surface area (Å²) in [6, 6.07) is 0. The molecule has 0 amide bonds. The van der Waals surface area contributed by atoms with Crippen LogP contribution in [0.15, 0.2) is 12.4 Å². The van der Waals surface area contributed by atoms with Gasteiger partial charge in [-0.1, -0.05) is 13.8 Å². The summed E-state index contributed by atoms with van der Waals surface area (Å²) in [5.74, 6) is 0.00651. The average Bonchev–Trinajstić information content (AvgIpc) is 2.27. The third-order valence-electron chi connectivity index (χ3n) is 2.61. The molecule has 0 aromatic carbocycles. The molecule has 1 aromatic heterocycles. The van der Waals surface area contributed by atoms with Crippen molar-refractivity contribution in [1.29, 1.82) is 0 Å². The third kappa shape index (κ3) is 3.69. The standard InChI is InChI=1S/C12H19N3O2/c1-8(2)9-5-13-11(14-6-9)15-7-12(3,4)10(16)17/h5-6,8H,7H2,1-4H3,(H,16,17)(H,13,14,15). The van der Waals surface area contributed by atoms with Crippen molar-refractivity contribution in [1.82, 2.24) is 9.97 Å². The normalized spacial score (nSPS) is 11.6. The number of carboxylic acids is 1. The van der Waals surface area contributed by atoms with Crippen molar-refractivity contribution < 1.29 is 9.90 Å². The summed E-state index contributed by atoms with van der Waals surface area (Å²) in [5.41, 5.74) is 0.230. The van der Waals surface area contributed by atoms with Crippen LogP contribution in [0.3, 0.4) is 0 Å². The Kier molecular flexibility index (Phi) is 4.04. The maximum Gasteiger partial charge on any atom is 0.310 e. The van der Waals surface area contributed by atoms with E-state index in [-0.39, 0.29) is 0 Å². The summed E-state index contributed by atoms with van der Waals surface area (Å²) in [4.78, 5) is 19.2. The molecule has 0 bridgehead atoms. The van der Waals surface area contributed by atoms with Gasteiger partial charge < -0.3 is 10.4 Å². The highest BCUT2D eigenvalue weighted by atomic mass is 16.4. The minimum Gasteiger partial charge on any atom is -0.481 e. The Morgan fingerprint density at radius 2 is 1.94 bits per heavy atom. The second-order valence-corrected chi connectivity index (χ2v) is 5.04. The van der Waals surface area contributed by atoms with E-state index in [1.165, 1.54) is 0 Å². The van der Waals surface area contributed by atoms with E-state index in [0.29, 0.717) is 18.4 Å². The summed E-state index contributed by atoms with van der Waals surface area (Å²) in [5, 5.41) is 11.9. The van der Waals surface area contributed by atoms with E-state index in [1.54, 1.807) is 26.2 Å². The second-order valence-electron chi connectivity index (χ2n) is 5.04. The highest BCUT2D eigenvalue weighted by Gasteiger charge is 2.26. The molecule has 0 atom stereocenters. The van der Waals surface area contributed by atoms with Crippen molar-refractivity contribution in [3.63, 3.8) is 0 Å². The van der Waals surface area contributed by atoms with E-state index in [2.05, 4.69) is 29.1 Å². The number of anilines is 1. The van der Waals surface area contributed by atoms with Crippen molar-refractivity contribution in [2.24, 2.45) is 5.41 Å². The van der Waals surface area contributed by atoms with Gasteiger partial charge in [-0.25, -0.2) is 9.97 Å². The lowest BCUT2D eigenvalue weighted by Crippen LogP contribution is -2.32. The molecule has 0 aliphatic heterocycles. The number of rotatable bonds is 5. The molecule has 0 aliphatic carbocycles. The van der Waals surface area contributed by atoms with Crippen LogP contribution >= 0.6 is 0 Å². The summed E-state index contributed by atoms with van der Waals surface area (Å²) >= 11 is 0. The fourth-order valence-electron chi connectivity index (χ4n) is 1.10. The first-order valence-corrected chi connectivity index (χ1v) is 5.62. The largest absolute Gasteiger partial charge is 0.481 e. The highest BCUT2D eigenvalue weighted by Crippen LogP contribution is 2.16. The van der Waals surface area contributed by atoms with E-state index in [1.807, 2.05) is 0 Å². The maximum absolute atomic E-state index is 10.9. The predicted octanol–water partition coefficient (Wildman–Crippen LogP) is 2.12. The smallest absolute Gasteiger partial charge is 0.310 e. The molecule has 94 valence electrons. The van der Waals surface area contributed by atoms with E-state index in [4.69, 9.17) is 5.11 Å². The van der Waals surface area contributed by atoms with E-state index >= 15 is 0 Å². The number of aromatic nitrogens is 2. The zero-order valence-corrected chi connectivity index (χ0v) is 10.7. The number of nitrogens with one attached hydrogen (secondary N) is 1. The minimum absolute atomic E-state index is 0.295. The average molecular weight is 237 g/mol. The van der Waals surface area contributed by atoms with Gasteiger partial charge in [-0.3, -0.25) is 4.79 Å². The molecule has 0 unspecified atom stereocenters. The summed E-state index contributed by atoms with van der Waals surface area (Å²) < 4.78 is 0. The lowest BCUT2D eigenvalue weighted by atomic mass is 9.94. The quantitative estimate of drug-likeness (QED) is 0.820. The van der Waals surface area contributed by atoms with Crippen LogP contribution in [0.25, 0.3) is 0 Å². The third-order valence-corrected chi connectivity index (χ3v) is 2.61. The molecule has 5 heteroatoms. The molecule has 0 aliphatic rings. The van der Waals surface area contributed by atoms with Crippen LogP contribution in [-0.2, 0) is 4.79 Å². The van der Waals surface area contributed by atoms with Crippen LogP contribution in [0, 0.1) is 5.41 Å². The summed E-state index contributed by atoms with van der Waals surface area (Å²) in [7, 11) is 0. The Morgan fingerprint density at radius 3 is 2.35 bits per heavy atom. The van der Waals surface area contributed by atoms with Crippen LogP contribution in [0.5, 0.6) is 0 Å². The predicted molar refractivity (Wildman–Crippen MR) is 66.0 cm³/mol. The van der Waals surface area contributed by atoms with Gasteiger partial charge in [0, 0.05) is 18.9 Å². The molecule has 1 heterocycles. The molecular formula is C12H19N3O2. The summed E-state index contributed by atoms with van der Waals surface area (Å²) in [6.45, 7) is 7.75. The molecule has 0 saturated heterocycles. The monoisotopic (exact) mass is 237 g/mol. The number of aliphatic carboxylic acids is 1. The topological polar surface area (TPSA) is 75.1 Å². The van der Waals surface area contributed by atoms with Gasteiger partial charge in [-0.2, -0.15) is 0 Å². The van der Waals surface area contributed by atoms with Crippen molar-refractivity contribution in [3.8, 4) is 0 Å². The summed E-state index contributed by atoms with van der Waals surface area (Å²) in [6.07, 6.45) is 3.52. The first-order valence-electron chi connectivity index (χ1n) is 5.62. The van der Waals surface area contributed by atoms with E-state index < -0.39 is 11.4 Å². The van der Waals surface area contributed by atoms with E-state index in [0.717, 1.165) is 5.56 Å². The van der Waals surface area contributed by atoms with Gasteiger partial charge in [-0.15, -0.1) is 0 Å². The van der Waals surface area contributed by atoms with Gasteiger partial charge in [0.2, 0.25) is 5.95 Å². The van der Waals surface area contributed by atoms with Crippen LogP contribution in [0.1, 0.15) is 39.2 Å². The van der Waals surface area contributed by atoms with Crippen molar-refractivity contribution in [3.05, 3.63) is 18.0 Å². The molecule has 1 aromatic rings. The van der Waals surface area contributed by atoms with Crippen LogP contribution in [0.2, 0.25) is 0 Å². The lowest BCUT2D eigenvalue weighted by Gasteiger charge is -2.19. The minimum atomic E-state index is -0.844. The Balaban J connectivity index is 2.62. The van der Waals surface area contributed by atoms with Gasteiger partial charge in [0.25, 0.3) is 0 Å². The first kappa shape index (κ1) is 13.4. The Hall–Kier alpha value is -1.65. The molecular weight excluding hydrogens is 218 g/mol. The second kappa shape index (κ2) is 5.12. The molecule has 2 N–H and O–H groups in total. The SMILES string of the molecule is CC(C)c1cnc(NCC(C)(C)C(=O)O)nc1. The zero-order chi connectivity index (χ0) is 13.1. The number of nitrogens with zero attached hydrogens (tertiary/aromatic N) is 2. The van der Waals surface area contributed by atoms with Crippen molar-refractivity contribution >= 4 is 11.9 Å². The first-order chi connectivity index (χ1) is 7.83. The Morgan fingerprint density at radius 1 is 1.41 bits per heavy atom. The highest BCUT2D eigenvalue weighted by molar-refractivity contribution is 5.74. The number of carbonyl (C=O) groups is 1. The van der Waals surface area contributed by atoms with Crippen molar-refractivity contribution in [2.75, 3.05) is 11.9 Å². The molecule has 17 heavy (non-hydrogen) atoms. The molecule has 1 rings (SSSR count). The van der Waals surface area contributed by atoms with Gasteiger partial charge in [0.1, 0.15) is 0 Å². The lowest BCUT2D eigenvalue weighted by molar-refractivity contribution is -0.146. The number of carboxylic acid groups (broad SMARTS) is 1. The van der Waals surface area contributed by atoms with E-state index in [9.17, 15) is 4.79 Å². The maximum atomic E-state index is 10.9. The van der Waals surface area contributed by atoms with Gasteiger partial charge in [-0.05, 0) is 25.3 Å². The van der Waals surface area contributed by atoms with Crippen molar-refractivity contribution in [2.45, 2.75) is 33.6 Å². The zero-order valence-electron chi connectivity index (χ0n) is 10.7. The van der Waals surface area contributed by atoms with Crippen LogP contribution in [-0.4, -0.2) is 27.6 Å². The fraction of sp³-hybridized carbons (Fsp3) is 0.583. The Labute approximate surface area is 101 Å².